The van der Waals surface area contributed by atoms with Gasteiger partial charge in [0, 0.05) is 19.6 Å². The molecule has 1 aromatic carbocycles. The lowest BCUT2D eigenvalue weighted by Gasteiger charge is -2.18. The number of amides is 1. The monoisotopic (exact) mass is 346 g/mol. The summed E-state index contributed by atoms with van der Waals surface area (Å²) in [5.74, 6) is 1.00. The molecule has 2 unspecified atom stereocenters. The molecule has 1 aliphatic rings. The van der Waals surface area contributed by atoms with Gasteiger partial charge in [-0.25, -0.2) is 14.8 Å². The van der Waals surface area contributed by atoms with Gasteiger partial charge in [-0.05, 0) is 38.0 Å². The van der Waals surface area contributed by atoms with Crippen LogP contribution in [-0.4, -0.2) is 33.8 Å². The molecule has 1 amide bonds. The number of carbonyl (C=O) groups excluding carboxylic acids is 1. The van der Waals surface area contributed by atoms with Gasteiger partial charge >= 0.3 is 0 Å². The summed E-state index contributed by atoms with van der Waals surface area (Å²) in [5.41, 5.74) is 6.81. The molecule has 1 aromatic heterocycles. The number of rotatable bonds is 6. The molecule has 3 N–H and O–H groups in total. The third-order valence-electron chi connectivity index (χ3n) is 4.33. The standard InChI is InChI=1S/C17H23FN6O/c1-11-21-12(2)24(23-11)8-4-7-19-17(25)15-10-20-22-16(15)13-5-3-6-14(18)9-13/h3,5-6,9,15-16,20,22H,4,7-8,10H2,1-2H3,(H,19,25). The predicted molar refractivity (Wildman–Crippen MR) is 90.9 cm³/mol. The molecule has 0 radical (unpaired) electrons. The Kier molecular flexibility index (Phi) is 5.40. The molecule has 0 aliphatic carbocycles. The fourth-order valence-corrected chi connectivity index (χ4v) is 3.10. The lowest BCUT2D eigenvalue weighted by Crippen LogP contribution is -2.36. The molecule has 7 nitrogen and oxygen atoms in total. The third-order valence-corrected chi connectivity index (χ3v) is 4.33. The number of aryl methyl sites for hydroxylation is 3. The first-order chi connectivity index (χ1) is 12.0. The quantitative estimate of drug-likeness (QED) is 0.680. The maximum atomic E-state index is 13.4. The number of hydrazine groups is 1. The zero-order chi connectivity index (χ0) is 17.8. The van der Waals surface area contributed by atoms with E-state index in [4.69, 9.17) is 0 Å². The van der Waals surface area contributed by atoms with E-state index in [9.17, 15) is 9.18 Å². The summed E-state index contributed by atoms with van der Waals surface area (Å²) in [6, 6.07) is 6.09. The average Bonchev–Trinajstić information content (AvgIpc) is 3.18. The topological polar surface area (TPSA) is 83.9 Å². The van der Waals surface area contributed by atoms with Crippen molar-refractivity contribution in [3.63, 3.8) is 0 Å². The van der Waals surface area contributed by atoms with Crippen molar-refractivity contribution in [3.05, 3.63) is 47.3 Å². The van der Waals surface area contributed by atoms with Crippen LogP contribution in [0, 0.1) is 25.6 Å². The number of carbonyl (C=O) groups is 1. The van der Waals surface area contributed by atoms with Crippen molar-refractivity contribution in [1.82, 2.24) is 30.9 Å². The summed E-state index contributed by atoms with van der Waals surface area (Å²) in [5, 5.41) is 7.26. The maximum absolute atomic E-state index is 13.4. The molecule has 25 heavy (non-hydrogen) atoms. The molecule has 134 valence electrons. The van der Waals surface area contributed by atoms with Crippen LogP contribution in [0.2, 0.25) is 0 Å². The number of nitrogens with zero attached hydrogens (tertiary/aromatic N) is 3. The second-order valence-electron chi connectivity index (χ2n) is 6.24. The van der Waals surface area contributed by atoms with Gasteiger partial charge < -0.3 is 5.32 Å². The highest BCUT2D eigenvalue weighted by atomic mass is 19.1. The van der Waals surface area contributed by atoms with Crippen LogP contribution in [0.15, 0.2) is 24.3 Å². The van der Waals surface area contributed by atoms with Gasteiger partial charge in [-0.1, -0.05) is 12.1 Å². The molecule has 1 saturated heterocycles. The van der Waals surface area contributed by atoms with Gasteiger partial charge in [0.15, 0.2) is 0 Å². The van der Waals surface area contributed by atoms with Crippen LogP contribution < -0.4 is 16.2 Å². The van der Waals surface area contributed by atoms with E-state index < -0.39 is 0 Å². The largest absolute Gasteiger partial charge is 0.356 e. The molecule has 2 aromatic rings. The van der Waals surface area contributed by atoms with Crippen molar-refractivity contribution in [1.29, 1.82) is 0 Å². The molecule has 3 rings (SSSR count). The van der Waals surface area contributed by atoms with Crippen molar-refractivity contribution >= 4 is 5.91 Å². The van der Waals surface area contributed by atoms with E-state index in [1.807, 2.05) is 24.6 Å². The van der Waals surface area contributed by atoms with Crippen LogP contribution in [0.5, 0.6) is 0 Å². The summed E-state index contributed by atoms with van der Waals surface area (Å²) < 4.78 is 15.3. The Morgan fingerprint density at radius 3 is 3.00 bits per heavy atom. The highest BCUT2D eigenvalue weighted by Crippen LogP contribution is 2.25. The number of benzene rings is 1. The van der Waals surface area contributed by atoms with Crippen molar-refractivity contribution in [2.45, 2.75) is 32.9 Å². The van der Waals surface area contributed by atoms with Crippen molar-refractivity contribution in [2.75, 3.05) is 13.1 Å². The normalized spacial score (nSPS) is 20.0. The van der Waals surface area contributed by atoms with E-state index in [2.05, 4.69) is 26.3 Å². The van der Waals surface area contributed by atoms with Gasteiger partial charge in [-0.3, -0.25) is 14.9 Å². The first-order valence-electron chi connectivity index (χ1n) is 8.44. The Hall–Kier alpha value is -2.32. The Balaban J connectivity index is 1.51. The van der Waals surface area contributed by atoms with Crippen molar-refractivity contribution in [3.8, 4) is 0 Å². The van der Waals surface area contributed by atoms with E-state index in [0.29, 0.717) is 19.6 Å². The van der Waals surface area contributed by atoms with E-state index >= 15 is 0 Å². The SMILES string of the molecule is Cc1nc(C)n(CCCNC(=O)C2CNNC2c2cccc(F)c2)n1. The Bertz CT molecular complexity index is 746. The molecule has 1 aliphatic heterocycles. The fraction of sp³-hybridized carbons (Fsp3) is 0.471. The Labute approximate surface area is 146 Å². The van der Waals surface area contributed by atoms with E-state index in [0.717, 1.165) is 23.6 Å². The molecular formula is C17H23FN6O. The molecule has 8 heteroatoms. The lowest BCUT2D eigenvalue weighted by atomic mass is 9.94. The molecule has 2 atom stereocenters. The minimum absolute atomic E-state index is 0.0433. The smallest absolute Gasteiger partial charge is 0.226 e. The molecule has 0 spiro atoms. The minimum Gasteiger partial charge on any atom is -0.356 e. The van der Waals surface area contributed by atoms with Gasteiger partial charge in [0.1, 0.15) is 17.5 Å². The van der Waals surface area contributed by atoms with Crippen LogP contribution in [0.1, 0.15) is 29.7 Å². The summed E-state index contributed by atoms with van der Waals surface area (Å²) in [6.45, 7) is 5.55. The Morgan fingerprint density at radius 1 is 1.44 bits per heavy atom. The number of nitrogens with one attached hydrogen (secondary N) is 3. The number of halogens is 1. The summed E-state index contributed by atoms with van der Waals surface area (Å²) in [6.07, 6.45) is 0.771. The molecule has 1 fully saturated rings. The van der Waals surface area contributed by atoms with Crippen LogP contribution in [0.3, 0.4) is 0 Å². The van der Waals surface area contributed by atoms with Crippen molar-refractivity contribution in [2.24, 2.45) is 5.92 Å². The highest BCUT2D eigenvalue weighted by Gasteiger charge is 2.33. The fourth-order valence-electron chi connectivity index (χ4n) is 3.10. The van der Waals surface area contributed by atoms with Gasteiger partial charge in [0.05, 0.1) is 12.0 Å². The third kappa shape index (κ3) is 4.21. The molecule has 2 heterocycles. The van der Waals surface area contributed by atoms with E-state index in [-0.39, 0.29) is 23.7 Å². The summed E-state index contributed by atoms with van der Waals surface area (Å²) in [7, 11) is 0. The minimum atomic E-state index is -0.302. The van der Waals surface area contributed by atoms with E-state index in [1.165, 1.54) is 12.1 Å². The average molecular weight is 346 g/mol. The van der Waals surface area contributed by atoms with Crippen LogP contribution in [0.25, 0.3) is 0 Å². The molecular weight excluding hydrogens is 323 g/mol. The van der Waals surface area contributed by atoms with E-state index in [1.54, 1.807) is 6.07 Å². The van der Waals surface area contributed by atoms with Gasteiger partial charge in [0.25, 0.3) is 0 Å². The number of aromatic nitrogens is 3. The zero-order valence-corrected chi connectivity index (χ0v) is 14.4. The van der Waals surface area contributed by atoms with Crippen LogP contribution in [-0.2, 0) is 11.3 Å². The second kappa shape index (κ2) is 7.71. The summed E-state index contributed by atoms with van der Waals surface area (Å²) in [4.78, 5) is 16.7. The number of hydrogen-bond acceptors (Lipinski definition) is 5. The van der Waals surface area contributed by atoms with Crippen LogP contribution in [0.4, 0.5) is 4.39 Å². The molecule has 0 bridgehead atoms. The maximum Gasteiger partial charge on any atom is 0.226 e. The molecule has 0 saturated carbocycles. The lowest BCUT2D eigenvalue weighted by molar-refractivity contribution is -0.124. The Morgan fingerprint density at radius 2 is 2.28 bits per heavy atom. The van der Waals surface area contributed by atoms with Gasteiger partial charge in [-0.15, -0.1) is 0 Å². The zero-order valence-electron chi connectivity index (χ0n) is 14.4. The predicted octanol–water partition coefficient (Wildman–Crippen LogP) is 1.01. The highest BCUT2D eigenvalue weighted by molar-refractivity contribution is 5.80. The van der Waals surface area contributed by atoms with Crippen LogP contribution >= 0.6 is 0 Å². The van der Waals surface area contributed by atoms with Gasteiger partial charge in [0.2, 0.25) is 5.91 Å². The number of hydrogen-bond donors (Lipinski definition) is 3. The van der Waals surface area contributed by atoms with Gasteiger partial charge in [-0.2, -0.15) is 5.10 Å². The first kappa shape index (κ1) is 17.5. The van der Waals surface area contributed by atoms with Crippen molar-refractivity contribution < 1.29 is 9.18 Å². The second-order valence-corrected chi connectivity index (χ2v) is 6.24. The first-order valence-corrected chi connectivity index (χ1v) is 8.44. The summed E-state index contributed by atoms with van der Waals surface area (Å²) >= 11 is 0.